The van der Waals surface area contributed by atoms with Gasteiger partial charge in [0.2, 0.25) is 0 Å². The zero-order chi connectivity index (χ0) is 29.2. The number of amides is 1. The van der Waals surface area contributed by atoms with Gasteiger partial charge in [0, 0.05) is 65.8 Å². The first-order chi connectivity index (χ1) is 20.4. The van der Waals surface area contributed by atoms with Crippen molar-refractivity contribution in [3.05, 3.63) is 105 Å². The normalized spacial score (nSPS) is 14.1. The lowest BCUT2D eigenvalue weighted by atomic mass is 10.0. The summed E-state index contributed by atoms with van der Waals surface area (Å²) >= 11 is 1.38. The van der Waals surface area contributed by atoms with Crippen molar-refractivity contribution in [1.29, 1.82) is 0 Å². The maximum atomic E-state index is 13.4. The van der Waals surface area contributed by atoms with E-state index in [0.717, 1.165) is 42.8 Å². The molecule has 9 heteroatoms. The Kier molecular flexibility index (Phi) is 7.60. The van der Waals surface area contributed by atoms with E-state index < -0.39 is 0 Å². The molecule has 3 heterocycles. The Morgan fingerprint density at radius 3 is 2.48 bits per heavy atom. The predicted octanol–water partition coefficient (Wildman–Crippen LogP) is 6.23. The van der Waals surface area contributed by atoms with Gasteiger partial charge in [0.25, 0.3) is 5.91 Å². The number of piperazine rings is 1. The smallest absolute Gasteiger partial charge is 0.265 e. The van der Waals surface area contributed by atoms with Crippen LogP contribution < -0.4 is 10.2 Å². The van der Waals surface area contributed by atoms with Crippen molar-refractivity contribution in [2.24, 2.45) is 4.99 Å². The van der Waals surface area contributed by atoms with E-state index in [9.17, 15) is 14.7 Å². The summed E-state index contributed by atoms with van der Waals surface area (Å²) in [6, 6.07) is 22.2. The van der Waals surface area contributed by atoms with Gasteiger partial charge in [0.1, 0.15) is 0 Å². The molecule has 3 N–H and O–H groups in total. The number of anilines is 2. The average Bonchev–Trinajstić information content (AvgIpc) is 3.57. The first-order valence-corrected chi connectivity index (χ1v) is 14.7. The molecule has 0 spiro atoms. The van der Waals surface area contributed by atoms with Crippen LogP contribution in [0.3, 0.4) is 0 Å². The number of aromatic amines is 1. The Hall–Kier alpha value is -4.73. The van der Waals surface area contributed by atoms with Crippen LogP contribution in [0, 0.1) is 6.92 Å². The highest BCUT2D eigenvalue weighted by molar-refractivity contribution is 7.12. The summed E-state index contributed by atoms with van der Waals surface area (Å²) in [4.78, 5) is 38.9. The maximum absolute atomic E-state index is 13.4. The van der Waals surface area contributed by atoms with Gasteiger partial charge in [-0.15, -0.1) is 11.3 Å². The molecular weight excluding hydrogens is 546 g/mol. The van der Waals surface area contributed by atoms with Gasteiger partial charge in [-0.25, -0.2) is 0 Å². The molecule has 0 saturated carbocycles. The third kappa shape index (κ3) is 5.70. The number of hydrogen-bond acceptors (Lipinski definition) is 7. The lowest BCUT2D eigenvalue weighted by Crippen LogP contribution is -2.44. The highest BCUT2D eigenvalue weighted by atomic mass is 32.1. The van der Waals surface area contributed by atoms with Crippen LogP contribution in [0.25, 0.3) is 10.9 Å². The third-order valence-corrected chi connectivity index (χ3v) is 8.61. The molecule has 1 aliphatic rings. The van der Waals surface area contributed by atoms with Crippen LogP contribution >= 0.6 is 11.3 Å². The highest BCUT2D eigenvalue weighted by Crippen LogP contribution is 2.29. The van der Waals surface area contributed by atoms with E-state index in [2.05, 4.69) is 44.3 Å². The number of carbonyl (C=O) groups is 2. The number of fused-ring (bicyclic) bond motifs is 1. The standard InChI is InChI=1S/C33H31N5O3S/c1-21-12-17-42-31(21)33(41)35-25-5-3-4-22(18-25)30(39)23-6-11-27-28(32(40)36-29(27)19-23)20-34-24-7-9-26(10-8-24)38-15-13-37(2)14-16-38/h3-12,17-20,36,40H,13-16H2,1-2H3,(H,35,41). The third-order valence-electron chi connectivity index (χ3n) is 7.59. The number of H-pyrrole nitrogens is 1. The van der Waals surface area contributed by atoms with Crippen molar-refractivity contribution < 1.29 is 14.7 Å². The summed E-state index contributed by atoms with van der Waals surface area (Å²) in [6.45, 7) is 6.00. The molecule has 42 heavy (non-hydrogen) atoms. The number of nitrogens with zero attached hydrogens (tertiary/aromatic N) is 3. The van der Waals surface area contributed by atoms with Gasteiger partial charge in [-0.05, 0) is 73.4 Å². The van der Waals surface area contributed by atoms with E-state index in [-0.39, 0.29) is 17.6 Å². The first-order valence-electron chi connectivity index (χ1n) is 13.8. The Morgan fingerprint density at radius 1 is 0.976 bits per heavy atom. The number of rotatable bonds is 7. The second kappa shape index (κ2) is 11.6. The summed E-state index contributed by atoms with van der Waals surface area (Å²) in [5.74, 6) is -0.401. The van der Waals surface area contributed by atoms with E-state index in [0.29, 0.717) is 32.8 Å². The number of aryl methyl sites for hydroxylation is 1. The van der Waals surface area contributed by atoms with E-state index in [4.69, 9.17) is 0 Å². The number of ketones is 1. The number of aliphatic imine (C=N–C) groups is 1. The van der Waals surface area contributed by atoms with Gasteiger partial charge in [-0.3, -0.25) is 14.6 Å². The van der Waals surface area contributed by atoms with Crippen LogP contribution in [-0.4, -0.2) is 66.1 Å². The minimum Gasteiger partial charge on any atom is -0.494 e. The fraction of sp³-hybridized carbons (Fsp3) is 0.182. The van der Waals surface area contributed by atoms with Gasteiger partial charge in [0.15, 0.2) is 11.7 Å². The molecule has 8 nitrogen and oxygen atoms in total. The molecule has 1 aliphatic heterocycles. The predicted molar refractivity (Wildman–Crippen MR) is 170 cm³/mol. The number of nitrogens with one attached hydrogen (secondary N) is 2. The largest absolute Gasteiger partial charge is 0.494 e. The number of carbonyl (C=O) groups excluding carboxylic acids is 2. The second-order valence-electron chi connectivity index (χ2n) is 10.5. The Balaban J connectivity index is 1.17. The van der Waals surface area contributed by atoms with Crippen molar-refractivity contribution >= 4 is 57.2 Å². The fourth-order valence-electron chi connectivity index (χ4n) is 5.13. The molecule has 5 aromatic rings. The minimum atomic E-state index is -0.199. The van der Waals surface area contributed by atoms with Crippen molar-refractivity contribution in [2.45, 2.75) is 6.92 Å². The van der Waals surface area contributed by atoms with Gasteiger partial charge in [-0.2, -0.15) is 0 Å². The average molecular weight is 578 g/mol. The van der Waals surface area contributed by atoms with Crippen LogP contribution in [0.4, 0.5) is 17.1 Å². The molecule has 0 radical (unpaired) electrons. The molecule has 0 unspecified atom stereocenters. The van der Waals surface area contributed by atoms with E-state index in [1.54, 1.807) is 42.6 Å². The monoisotopic (exact) mass is 577 g/mol. The number of hydrogen-bond donors (Lipinski definition) is 3. The van der Waals surface area contributed by atoms with Crippen LogP contribution in [0.15, 0.2) is 83.2 Å². The Labute approximate surface area is 247 Å². The quantitative estimate of drug-likeness (QED) is 0.157. The van der Waals surface area contributed by atoms with Crippen molar-refractivity contribution in [1.82, 2.24) is 9.88 Å². The molecule has 1 saturated heterocycles. The first kappa shape index (κ1) is 27.4. The molecule has 3 aromatic carbocycles. The van der Waals surface area contributed by atoms with Gasteiger partial charge in [0.05, 0.1) is 16.1 Å². The molecule has 212 valence electrons. The lowest BCUT2D eigenvalue weighted by molar-refractivity contribution is 0.102. The lowest BCUT2D eigenvalue weighted by Gasteiger charge is -2.34. The minimum absolute atomic E-state index is 0.0130. The SMILES string of the molecule is Cc1ccsc1C(=O)Nc1cccc(C(=O)c2ccc3c(C=Nc4ccc(N5CCN(C)CC5)cc4)c(O)[nH]c3c2)c1. The Bertz CT molecular complexity index is 1800. The number of aromatic nitrogens is 1. The number of thiophene rings is 1. The zero-order valence-electron chi connectivity index (χ0n) is 23.4. The van der Waals surface area contributed by atoms with Crippen LogP contribution in [0.5, 0.6) is 5.88 Å². The van der Waals surface area contributed by atoms with Crippen molar-refractivity contribution in [2.75, 3.05) is 43.4 Å². The van der Waals surface area contributed by atoms with Gasteiger partial charge < -0.3 is 25.2 Å². The van der Waals surface area contributed by atoms with Crippen LogP contribution in [0.1, 0.15) is 36.7 Å². The van der Waals surface area contributed by atoms with E-state index in [1.165, 1.54) is 17.0 Å². The molecule has 1 amide bonds. The maximum Gasteiger partial charge on any atom is 0.265 e. The summed E-state index contributed by atoms with van der Waals surface area (Å²) in [5, 5.41) is 16.1. The molecular formula is C33H31N5O3S. The van der Waals surface area contributed by atoms with E-state index in [1.807, 2.05) is 36.6 Å². The van der Waals surface area contributed by atoms with Crippen LogP contribution in [0.2, 0.25) is 0 Å². The molecule has 2 aromatic heterocycles. The van der Waals surface area contributed by atoms with Crippen molar-refractivity contribution in [3.8, 4) is 5.88 Å². The molecule has 0 bridgehead atoms. The Morgan fingerprint density at radius 2 is 1.74 bits per heavy atom. The topological polar surface area (TPSA) is 101 Å². The summed E-state index contributed by atoms with van der Waals surface area (Å²) in [6.07, 6.45) is 1.64. The molecule has 0 aliphatic carbocycles. The number of aromatic hydroxyl groups is 1. The van der Waals surface area contributed by atoms with Gasteiger partial charge in [-0.1, -0.05) is 24.3 Å². The summed E-state index contributed by atoms with van der Waals surface area (Å²) in [7, 11) is 2.14. The number of benzene rings is 3. The fourth-order valence-corrected chi connectivity index (χ4v) is 5.95. The highest BCUT2D eigenvalue weighted by Gasteiger charge is 2.17. The van der Waals surface area contributed by atoms with Gasteiger partial charge >= 0.3 is 0 Å². The number of likely N-dealkylation sites (N-methyl/N-ethyl adjacent to an activating group) is 1. The van der Waals surface area contributed by atoms with Crippen molar-refractivity contribution in [3.63, 3.8) is 0 Å². The van der Waals surface area contributed by atoms with Crippen LogP contribution in [-0.2, 0) is 0 Å². The molecule has 0 atom stereocenters. The molecule has 6 rings (SSSR count). The molecule has 1 fully saturated rings. The second-order valence-corrected chi connectivity index (χ2v) is 11.4. The summed E-state index contributed by atoms with van der Waals surface area (Å²) < 4.78 is 0. The van der Waals surface area contributed by atoms with E-state index >= 15 is 0 Å². The summed E-state index contributed by atoms with van der Waals surface area (Å²) in [5.41, 5.74) is 5.53. The zero-order valence-corrected chi connectivity index (χ0v) is 24.2.